The first-order valence-corrected chi connectivity index (χ1v) is 8.93. The van der Waals surface area contributed by atoms with Crippen molar-refractivity contribution in [2.45, 2.75) is 26.4 Å². The summed E-state index contributed by atoms with van der Waals surface area (Å²) in [7, 11) is 2.39. The molecule has 0 radical (unpaired) electrons. The molecule has 0 unspecified atom stereocenters. The predicted octanol–water partition coefficient (Wildman–Crippen LogP) is 3.38. The van der Waals surface area contributed by atoms with Crippen LogP contribution in [0.5, 0.6) is 0 Å². The number of hydrogen-bond acceptors (Lipinski definition) is 8. The van der Waals surface area contributed by atoms with E-state index in [9.17, 15) is 19.2 Å². The molecule has 0 aliphatic heterocycles. The normalized spacial score (nSPS) is 10.8. The van der Waals surface area contributed by atoms with Crippen LogP contribution in [-0.4, -0.2) is 43.5 Å². The van der Waals surface area contributed by atoms with Crippen LogP contribution in [0, 0.1) is 0 Å². The molecule has 2 aromatic rings. The minimum absolute atomic E-state index is 0.116. The van der Waals surface area contributed by atoms with Crippen LogP contribution in [0.15, 0.2) is 42.5 Å². The summed E-state index contributed by atoms with van der Waals surface area (Å²) in [4.78, 5) is 58.9. The fourth-order valence-electron chi connectivity index (χ4n) is 2.42. The summed E-state index contributed by atoms with van der Waals surface area (Å²) in [6, 6.07) is 9.82. The molecule has 158 valence electrons. The van der Waals surface area contributed by atoms with Crippen LogP contribution in [0.4, 0.5) is 0 Å². The number of carbonyl (C=O) groups is 4. The molecule has 8 nitrogen and oxygen atoms in total. The number of methoxy groups -OCH3 is 2. The van der Waals surface area contributed by atoms with Crippen molar-refractivity contribution in [3.8, 4) is 0 Å². The molecule has 0 spiro atoms. The summed E-state index contributed by atoms with van der Waals surface area (Å²) in [5.74, 6) is -2.78. The molecule has 0 N–H and O–H groups in total. The second-order valence-electron chi connectivity index (χ2n) is 7.22. The Balaban J connectivity index is 2.41. The topological polar surface area (TPSA) is 105 Å². The Bertz CT molecular complexity index is 985. The maximum atomic E-state index is 12.9. The third-order valence-corrected chi connectivity index (χ3v) is 3.82. The molecular formula is C22H22O8. The monoisotopic (exact) mass is 414 g/mol. The van der Waals surface area contributed by atoms with Crippen LogP contribution < -0.4 is 0 Å². The van der Waals surface area contributed by atoms with Gasteiger partial charge in [-0.3, -0.25) is 9.68 Å². The highest BCUT2D eigenvalue weighted by atomic mass is 17.2. The van der Waals surface area contributed by atoms with Crippen molar-refractivity contribution < 1.29 is 38.4 Å². The van der Waals surface area contributed by atoms with E-state index in [1.807, 2.05) is 0 Å². The van der Waals surface area contributed by atoms with E-state index in [0.717, 1.165) is 7.11 Å². The molecule has 0 saturated heterocycles. The maximum Gasteiger partial charge on any atom is 0.373 e. The van der Waals surface area contributed by atoms with Gasteiger partial charge >= 0.3 is 17.9 Å². The highest BCUT2D eigenvalue weighted by Gasteiger charge is 2.24. The first-order valence-electron chi connectivity index (χ1n) is 8.93. The third-order valence-electron chi connectivity index (χ3n) is 3.82. The van der Waals surface area contributed by atoms with Crippen LogP contribution in [0.2, 0.25) is 0 Å². The van der Waals surface area contributed by atoms with Crippen LogP contribution >= 0.6 is 0 Å². The second-order valence-corrected chi connectivity index (χ2v) is 7.22. The molecule has 0 saturated carbocycles. The van der Waals surface area contributed by atoms with Gasteiger partial charge in [-0.25, -0.2) is 14.4 Å². The van der Waals surface area contributed by atoms with Gasteiger partial charge in [0.25, 0.3) is 0 Å². The van der Waals surface area contributed by atoms with E-state index in [1.165, 1.54) is 49.6 Å². The number of benzene rings is 2. The molecule has 8 heteroatoms. The number of ketones is 1. The van der Waals surface area contributed by atoms with Gasteiger partial charge < -0.3 is 9.47 Å². The maximum absolute atomic E-state index is 12.9. The Morgan fingerprint density at radius 1 is 0.700 bits per heavy atom. The van der Waals surface area contributed by atoms with E-state index in [2.05, 4.69) is 4.74 Å². The minimum atomic E-state index is -0.906. The first kappa shape index (κ1) is 22.8. The summed E-state index contributed by atoms with van der Waals surface area (Å²) in [5, 5.41) is 0. The van der Waals surface area contributed by atoms with E-state index < -0.39 is 29.3 Å². The van der Waals surface area contributed by atoms with E-state index >= 15 is 0 Å². The summed E-state index contributed by atoms with van der Waals surface area (Å²) in [6.45, 7) is 5.06. The van der Waals surface area contributed by atoms with Gasteiger partial charge in [-0.05, 0) is 45.0 Å². The highest BCUT2D eigenvalue weighted by molar-refractivity contribution is 6.12. The first-order chi connectivity index (χ1) is 14.1. The lowest BCUT2D eigenvalue weighted by Crippen LogP contribution is -2.23. The van der Waals surface area contributed by atoms with Crippen molar-refractivity contribution in [1.29, 1.82) is 0 Å². The van der Waals surface area contributed by atoms with E-state index in [0.29, 0.717) is 0 Å². The molecule has 30 heavy (non-hydrogen) atoms. The standard InChI is InChI=1S/C22H22O8/c1-22(2,3)30-29-21(26)16-10-9-14(12-17(16)20(25)28-5)18(23)13-7-6-8-15(11-13)19(24)27-4/h6-12H,1-5H3. The molecule has 0 aromatic heterocycles. The highest BCUT2D eigenvalue weighted by Crippen LogP contribution is 2.20. The van der Waals surface area contributed by atoms with E-state index in [-0.39, 0.29) is 27.8 Å². The van der Waals surface area contributed by atoms with Crippen molar-refractivity contribution >= 4 is 23.7 Å². The Hall–Kier alpha value is -3.52. The fraction of sp³-hybridized carbons (Fsp3) is 0.273. The summed E-state index contributed by atoms with van der Waals surface area (Å²) in [5.41, 5.74) is -0.496. The van der Waals surface area contributed by atoms with Crippen molar-refractivity contribution in [2.24, 2.45) is 0 Å². The second kappa shape index (κ2) is 9.32. The van der Waals surface area contributed by atoms with Gasteiger partial charge in [0, 0.05) is 11.1 Å². The molecule has 2 rings (SSSR count). The molecule has 0 heterocycles. The Morgan fingerprint density at radius 3 is 1.90 bits per heavy atom. The number of ether oxygens (including phenoxy) is 2. The van der Waals surface area contributed by atoms with Gasteiger partial charge in [-0.15, -0.1) is 0 Å². The minimum Gasteiger partial charge on any atom is -0.465 e. The molecule has 0 aliphatic carbocycles. The third kappa shape index (κ3) is 5.51. The van der Waals surface area contributed by atoms with E-state index in [4.69, 9.17) is 14.5 Å². The SMILES string of the molecule is COC(=O)c1cccc(C(=O)c2ccc(C(=O)OOC(C)(C)C)c(C(=O)OC)c2)c1. The molecular weight excluding hydrogens is 392 g/mol. The number of esters is 2. The average molecular weight is 414 g/mol. The van der Waals surface area contributed by atoms with Crippen molar-refractivity contribution in [3.05, 3.63) is 70.3 Å². The molecule has 0 amide bonds. The van der Waals surface area contributed by atoms with Gasteiger partial charge in [-0.1, -0.05) is 18.2 Å². The van der Waals surface area contributed by atoms with Gasteiger partial charge in [0.2, 0.25) is 0 Å². The van der Waals surface area contributed by atoms with Gasteiger partial charge in [-0.2, -0.15) is 4.89 Å². The predicted molar refractivity (Wildman–Crippen MR) is 105 cm³/mol. The molecule has 2 aromatic carbocycles. The number of hydrogen-bond donors (Lipinski definition) is 0. The fourth-order valence-corrected chi connectivity index (χ4v) is 2.42. The van der Waals surface area contributed by atoms with Crippen molar-refractivity contribution in [2.75, 3.05) is 14.2 Å². The average Bonchev–Trinajstić information content (AvgIpc) is 2.74. The van der Waals surface area contributed by atoms with E-state index in [1.54, 1.807) is 20.8 Å². The Labute approximate surface area is 173 Å². The summed E-state index contributed by atoms with van der Waals surface area (Å²) < 4.78 is 9.37. The molecule has 0 bridgehead atoms. The molecule has 0 fully saturated rings. The molecule has 0 aliphatic rings. The summed E-state index contributed by atoms with van der Waals surface area (Å²) in [6.07, 6.45) is 0. The van der Waals surface area contributed by atoms with Gasteiger partial charge in [0.05, 0.1) is 30.9 Å². The smallest absolute Gasteiger partial charge is 0.373 e. The van der Waals surface area contributed by atoms with Crippen LogP contribution in [0.3, 0.4) is 0 Å². The number of carbonyl (C=O) groups excluding carboxylic acids is 4. The lowest BCUT2D eigenvalue weighted by Gasteiger charge is -2.17. The van der Waals surface area contributed by atoms with Crippen molar-refractivity contribution in [3.63, 3.8) is 0 Å². The zero-order chi connectivity index (χ0) is 22.5. The summed E-state index contributed by atoms with van der Waals surface area (Å²) >= 11 is 0. The van der Waals surface area contributed by atoms with Crippen LogP contribution in [0.25, 0.3) is 0 Å². The zero-order valence-corrected chi connectivity index (χ0v) is 17.3. The lowest BCUT2D eigenvalue weighted by atomic mass is 9.97. The number of rotatable bonds is 6. The van der Waals surface area contributed by atoms with Gasteiger partial charge in [0.15, 0.2) is 5.78 Å². The lowest BCUT2D eigenvalue weighted by molar-refractivity contribution is -0.301. The van der Waals surface area contributed by atoms with Crippen LogP contribution in [0.1, 0.15) is 67.8 Å². The van der Waals surface area contributed by atoms with Crippen LogP contribution in [-0.2, 0) is 19.2 Å². The Morgan fingerprint density at radius 2 is 1.30 bits per heavy atom. The zero-order valence-electron chi connectivity index (χ0n) is 17.3. The van der Waals surface area contributed by atoms with Gasteiger partial charge in [0.1, 0.15) is 5.60 Å². The molecule has 0 atom stereocenters. The largest absolute Gasteiger partial charge is 0.465 e. The van der Waals surface area contributed by atoms with Crippen molar-refractivity contribution in [1.82, 2.24) is 0 Å². The Kier molecular flexibility index (Phi) is 7.07. The quantitative estimate of drug-likeness (QED) is 0.307.